The van der Waals surface area contributed by atoms with Crippen LogP contribution in [0.2, 0.25) is 0 Å². The highest BCUT2D eigenvalue weighted by Gasteiger charge is 2.64. The lowest BCUT2D eigenvalue weighted by atomic mass is 9.96. The molecule has 0 radical (unpaired) electrons. The molecule has 41 heavy (non-hydrogen) atoms. The van der Waals surface area contributed by atoms with Gasteiger partial charge in [-0.05, 0) is 26.0 Å². The summed E-state index contributed by atoms with van der Waals surface area (Å²) in [7, 11) is -2.96. The van der Waals surface area contributed by atoms with Crippen LogP contribution in [0.3, 0.4) is 0 Å². The Kier molecular flexibility index (Phi) is 9.03. The van der Waals surface area contributed by atoms with E-state index in [2.05, 4.69) is 25.4 Å². The minimum atomic E-state index is -4.47. The molecule has 0 amide bonds. The van der Waals surface area contributed by atoms with Gasteiger partial charge in [-0.3, -0.25) is 13.9 Å². The summed E-state index contributed by atoms with van der Waals surface area (Å²) in [6.45, 7) is 2.06. The van der Waals surface area contributed by atoms with Crippen LogP contribution in [-0.4, -0.2) is 81.2 Å². The second-order valence-corrected chi connectivity index (χ2v) is 10.6. The maximum atomic E-state index is 16.0. The molecule has 4 rings (SSSR count). The van der Waals surface area contributed by atoms with Gasteiger partial charge in [0.25, 0.3) is 6.43 Å². The summed E-state index contributed by atoms with van der Waals surface area (Å²) in [6.07, 6.45) is -9.17. The van der Waals surface area contributed by atoms with Gasteiger partial charge < -0.3 is 30.2 Å². The van der Waals surface area contributed by atoms with Gasteiger partial charge in [0.15, 0.2) is 23.2 Å². The van der Waals surface area contributed by atoms with E-state index in [4.69, 9.17) is 24.3 Å². The number of rotatable bonds is 12. The third kappa shape index (κ3) is 6.08. The molecule has 6 atom stereocenters. The highest BCUT2D eigenvalue weighted by atomic mass is 31.2. The first-order valence-corrected chi connectivity index (χ1v) is 13.9. The van der Waals surface area contributed by atoms with Crippen molar-refractivity contribution in [3.63, 3.8) is 0 Å². The van der Waals surface area contributed by atoms with E-state index in [1.54, 1.807) is 25.1 Å². The normalized spacial score (nSPS) is 24.7. The largest absolute Gasteiger partial charge is 0.465 e. The zero-order chi connectivity index (χ0) is 29.9. The van der Waals surface area contributed by atoms with Crippen molar-refractivity contribution in [2.45, 2.75) is 50.4 Å². The number of ether oxygens (including phenoxy) is 2. The maximum absolute atomic E-state index is 16.0. The summed E-state index contributed by atoms with van der Waals surface area (Å²) < 4.78 is 80.2. The Morgan fingerprint density at radius 3 is 2.66 bits per heavy atom. The van der Waals surface area contributed by atoms with Gasteiger partial charge in [-0.15, -0.1) is 0 Å². The van der Waals surface area contributed by atoms with Crippen molar-refractivity contribution in [2.75, 3.05) is 31.3 Å². The highest BCUT2D eigenvalue weighted by molar-refractivity contribution is 7.52. The molecular formula is C23H29F3N7O7P. The molecule has 0 saturated carbocycles. The summed E-state index contributed by atoms with van der Waals surface area (Å²) >= 11 is 0. The van der Waals surface area contributed by atoms with Crippen LogP contribution in [-0.2, 0) is 23.4 Å². The molecule has 0 bridgehead atoms. The van der Waals surface area contributed by atoms with Crippen LogP contribution >= 0.6 is 7.75 Å². The maximum Gasteiger partial charge on any atom is 0.459 e. The van der Waals surface area contributed by atoms with Crippen LogP contribution in [0, 0.1) is 0 Å². The minimum absolute atomic E-state index is 0.0422. The smallest absolute Gasteiger partial charge is 0.459 e. The lowest BCUT2D eigenvalue weighted by molar-refractivity contribution is -0.144. The number of esters is 1. The third-order valence-electron chi connectivity index (χ3n) is 6.12. The van der Waals surface area contributed by atoms with Gasteiger partial charge in [-0.1, -0.05) is 18.2 Å². The number of nitrogen functional groups attached to an aromatic ring is 1. The quantitative estimate of drug-likeness (QED) is 0.175. The summed E-state index contributed by atoms with van der Waals surface area (Å²) in [4.78, 5) is 24.1. The number of hydrogen-bond donors (Lipinski definition) is 4. The second-order valence-electron chi connectivity index (χ2n) is 8.90. The molecule has 3 aromatic rings. The number of nitrogens with zero attached hydrogens (tertiary/aromatic N) is 4. The first-order chi connectivity index (χ1) is 19.4. The summed E-state index contributed by atoms with van der Waals surface area (Å²) in [5.74, 6) is -0.823. The summed E-state index contributed by atoms with van der Waals surface area (Å²) in [6, 6.07) is 6.52. The van der Waals surface area contributed by atoms with E-state index in [1.807, 2.05) is 0 Å². The third-order valence-corrected chi connectivity index (χ3v) is 7.76. The lowest BCUT2D eigenvalue weighted by Gasteiger charge is -2.28. The highest BCUT2D eigenvalue weighted by Crippen LogP contribution is 2.50. The topological polar surface area (TPSA) is 185 Å². The fraction of sp³-hybridized carbons (Fsp3) is 0.478. The molecular weight excluding hydrogens is 574 g/mol. The number of halogens is 3. The van der Waals surface area contributed by atoms with Gasteiger partial charge in [0, 0.05) is 7.05 Å². The SMILES string of the molecule is CCOC(=O)[C@@H](C)NP(=O)(OC[C@H]1O[C@@H](n2cnc3c(NC)nc(N)nc32)[C@@](F)(C(F)F)[C@@H]1O)Oc1ccccc1. The molecule has 1 aliphatic heterocycles. The molecule has 1 saturated heterocycles. The minimum Gasteiger partial charge on any atom is -0.465 e. The van der Waals surface area contributed by atoms with Crippen molar-refractivity contribution in [1.82, 2.24) is 24.6 Å². The Labute approximate surface area is 231 Å². The second kappa shape index (κ2) is 12.2. The number of carbonyl (C=O) groups is 1. The zero-order valence-corrected chi connectivity index (χ0v) is 23.0. The van der Waals surface area contributed by atoms with Gasteiger partial charge in [0.1, 0.15) is 24.0 Å². The van der Waals surface area contributed by atoms with Crippen molar-refractivity contribution in [2.24, 2.45) is 0 Å². The molecule has 3 heterocycles. The van der Waals surface area contributed by atoms with E-state index >= 15 is 4.39 Å². The van der Waals surface area contributed by atoms with Crippen LogP contribution in [0.25, 0.3) is 11.2 Å². The Morgan fingerprint density at radius 2 is 2.02 bits per heavy atom. The number of para-hydroxylation sites is 1. The van der Waals surface area contributed by atoms with Crippen LogP contribution < -0.4 is 20.7 Å². The van der Waals surface area contributed by atoms with Crippen LogP contribution in [0.1, 0.15) is 20.1 Å². The summed E-state index contributed by atoms with van der Waals surface area (Å²) in [5, 5.41) is 15.8. The fourth-order valence-corrected chi connectivity index (χ4v) is 5.64. The number of anilines is 2. The van der Waals surface area contributed by atoms with Crippen LogP contribution in [0.5, 0.6) is 5.75 Å². The Hall–Kier alpha value is -3.50. The van der Waals surface area contributed by atoms with Crippen molar-refractivity contribution < 1.29 is 46.2 Å². The number of aliphatic hydroxyl groups is 1. The lowest BCUT2D eigenvalue weighted by Crippen LogP contribution is -2.49. The van der Waals surface area contributed by atoms with E-state index < -0.39 is 56.9 Å². The van der Waals surface area contributed by atoms with Crippen molar-refractivity contribution >= 4 is 36.6 Å². The van der Waals surface area contributed by atoms with Gasteiger partial charge >= 0.3 is 13.7 Å². The monoisotopic (exact) mass is 603 g/mol. The fourth-order valence-electron chi connectivity index (χ4n) is 4.14. The Balaban J connectivity index is 1.62. The molecule has 14 nitrogen and oxygen atoms in total. The molecule has 1 aromatic carbocycles. The van der Waals surface area contributed by atoms with E-state index in [0.29, 0.717) is 0 Å². The van der Waals surface area contributed by atoms with Crippen molar-refractivity contribution in [1.29, 1.82) is 0 Å². The Bertz CT molecular complexity index is 1420. The van der Waals surface area contributed by atoms with Crippen molar-refractivity contribution in [3.8, 4) is 5.75 Å². The number of nitrogens with one attached hydrogen (secondary N) is 2. The molecule has 1 fully saturated rings. The molecule has 224 valence electrons. The number of alkyl halides is 3. The predicted molar refractivity (Wildman–Crippen MR) is 139 cm³/mol. The molecule has 1 unspecified atom stereocenters. The van der Waals surface area contributed by atoms with Gasteiger partial charge in [0.2, 0.25) is 11.6 Å². The number of fused-ring (bicyclic) bond motifs is 1. The van der Waals surface area contributed by atoms with Gasteiger partial charge in [-0.2, -0.15) is 15.1 Å². The number of aromatic nitrogens is 4. The molecule has 0 spiro atoms. The molecule has 2 aromatic heterocycles. The van der Waals surface area contributed by atoms with E-state index in [9.17, 15) is 23.2 Å². The Morgan fingerprint density at radius 1 is 1.32 bits per heavy atom. The van der Waals surface area contributed by atoms with Gasteiger partial charge in [-0.25, -0.2) is 22.7 Å². The standard InChI is InChI=1S/C23H29F3N7O7P/c1-4-37-19(35)12(2)32-41(36,40-13-8-6-5-7-9-13)38-10-14-16(34)23(26,20(24)25)21(39-14)33-11-29-15-17(28-3)30-22(27)31-18(15)33/h5-9,11-12,14,16,20-21,34H,4,10H2,1-3H3,(H,32,36)(H3,27,28,30,31)/t12-,14-,16-,21-,23+,41?/m1/s1. The van der Waals surface area contributed by atoms with Crippen LogP contribution in [0.15, 0.2) is 36.7 Å². The molecule has 5 N–H and O–H groups in total. The molecule has 0 aliphatic carbocycles. The summed E-state index contributed by atoms with van der Waals surface area (Å²) in [5.41, 5.74) is 1.95. The number of benzene rings is 1. The number of carbonyl (C=O) groups excluding carboxylic acids is 1. The van der Waals surface area contributed by atoms with E-state index in [-0.39, 0.29) is 35.3 Å². The zero-order valence-electron chi connectivity index (χ0n) is 22.1. The van der Waals surface area contributed by atoms with E-state index in [1.165, 1.54) is 26.1 Å². The number of aliphatic hydroxyl groups excluding tert-OH is 1. The van der Waals surface area contributed by atoms with E-state index in [0.717, 1.165) is 10.9 Å². The number of imidazole rings is 1. The first kappa shape index (κ1) is 30.5. The average Bonchev–Trinajstić information content (AvgIpc) is 3.46. The first-order valence-electron chi connectivity index (χ1n) is 12.4. The van der Waals surface area contributed by atoms with Crippen molar-refractivity contribution in [3.05, 3.63) is 36.7 Å². The number of nitrogens with two attached hydrogens (primary N) is 1. The average molecular weight is 603 g/mol. The molecule has 1 aliphatic rings. The predicted octanol–water partition coefficient (Wildman–Crippen LogP) is 2.43. The number of hydrogen-bond acceptors (Lipinski definition) is 12. The van der Waals surface area contributed by atoms with Gasteiger partial charge in [0.05, 0.1) is 19.5 Å². The van der Waals surface area contributed by atoms with Crippen LogP contribution in [0.4, 0.5) is 24.9 Å². The molecule has 18 heteroatoms.